The van der Waals surface area contributed by atoms with E-state index in [9.17, 15) is 5.11 Å². The standard InChI is InChI=1S/C8H9BrN2O/c9-6-4-2-1-3-5(6)7(12)8(10)11/h1-4,7,12H,(H3,10,11)/t7-/m0/s1. The van der Waals surface area contributed by atoms with Crippen molar-refractivity contribution in [3.8, 4) is 0 Å². The van der Waals surface area contributed by atoms with Gasteiger partial charge in [-0.3, -0.25) is 5.41 Å². The Kier molecular flexibility index (Phi) is 2.83. The number of aliphatic hydroxyl groups is 1. The van der Waals surface area contributed by atoms with E-state index in [2.05, 4.69) is 15.9 Å². The summed E-state index contributed by atoms with van der Waals surface area (Å²) in [5, 5.41) is 16.4. The first-order valence-electron chi connectivity index (χ1n) is 3.39. The normalized spacial score (nSPS) is 12.5. The molecule has 0 aromatic heterocycles. The zero-order chi connectivity index (χ0) is 9.14. The number of hydrogen-bond acceptors (Lipinski definition) is 2. The van der Waals surface area contributed by atoms with Crippen molar-refractivity contribution in [2.24, 2.45) is 5.73 Å². The van der Waals surface area contributed by atoms with Gasteiger partial charge in [-0.15, -0.1) is 0 Å². The van der Waals surface area contributed by atoms with Gasteiger partial charge in [0.25, 0.3) is 0 Å². The SMILES string of the molecule is N=C(N)[C@@H](O)c1ccccc1Br. The van der Waals surface area contributed by atoms with Gasteiger partial charge in [0.15, 0.2) is 0 Å². The molecule has 0 radical (unpaired) electrons. The van der Waals surface area contributed by atoms with Gasteiger partial charge in [0, 0.05) is 10.0 Å². The van der Waals surface area contributed by atoms with Crippen LogP contribution in [0.3, 0.4) is 0 Å². The van der Waals surface area contributed by atoms with Crippen LogP contribution in [0.15, 0.2) is 28.7 Å². The Bertz CT molecular complexity index is 301. The highest BCUT2D eigenvalue weighted by molar-refractivity contribution is 9.10. The third-order valence-corrected chi connectivity index (χ3v) is 2.22. The highest BCUT2D eigenvalue weighted by Crippen LogP contribution is 2.22. The fourth-order valence-electron chi connectivity index (χ4n) is 0.864. The summed E-state index contributed by atoms with van der Waals surface area (Å²) < 4.78 is 0.757. The molecule has 1 aromatic carbocycles. The van der Waals surface area contributed by atoms with Crippen molar-refractivity contribution in [1.82, 2.24) is 0 Å². The van der Waals surface area contributed by atoms with Gasteiger partial charge in [0.1, 0.15) is 11.9 Å². The average Bonchev–Trinajstić information content (AvgIpc) is 2.04. The maximum absolute atomic E-state index is 9.40. The monoisotopic (exact) mass is 228 g/mol. The first-order valence-corrected chi connectivity index (χ1v) is 4.18. The quantitative estimate of drug-likeness (QED) is 0.530. The van der Waals surface area contributed by atoms with E-state index >= 15 is 0 Å². The zero-order valence-corrected chi connectivity index (χ0v) is 7.88. The molecule has 64 valence electrons. The van der Waals surface area contributed by atoms with Gasteiger partial charge in [-0.2, -0.15) is 0 Å². The van der Waals surface area contributed by atoms with Gasteiger partial charge in [-0.25, -0.2) is 0 Å². The Labute approximate surface area is 78.8 Å². The van der Waals surface area contributed by atoms with E-state index in [-0.39, 0.29) is 5.84 Å². The molecule has 0 aliphatic rings. The highest BCUT2D eigenvalue weighted by Gasteiger charge is 2.12. The third kappa shape index (κ3) is 1.84. The molecule has 0 fully saturated rings. The van der Waals surface area contributed by atoms with Gasteiger partial charge in [-0.05, 0) is 6.07 Å². The Balaban J connectivity index is 3.02. The van der Waals surface area contributed by atoms with Crippen LogP contribution in [0.5, 0.6) is 0 Å². The smallest absolute Gasteiger partial charge is 0.136 e. The predicted molar refractivity (Wildman–Crippen MR) is 51.0 cm³/mol. The molecular weight excluding hydrogens is 220 g/mol. The van der Waals surface area contributed by atoms with Crippen LogP contribution < -0.4 is 5.73 Å². The summed E-state index contributed by atoms with van der Waals surface area (Å²) in [5.74, 6) is -0.248. The molecule has 1 rings (SSSR count). The fourth-order valence-corrected chi connectivity index (χ4v) is 1.37. The van der Waals surface area contributed by atoms with Crippen molar-refractivity contribution in [2.75, 3.05) is 0 Å². The molecule has 0 spiro atoms. The minimum Gasteiger partial charge on any atom is -0.385 e. The Hall–Kier alpha value is -0.870. The molecular formula is C8H9BrN2O. The van der Waals surface area contributed by atoms with E-state index in [0.717, 1.165) is 4.47 Å². The van der Waals surface area contributed by atoms with E-state index in [1.165, 1.54) is 0 Å². The van der Waals surface area contributed by atoms with E-state index in [1.54, 1.807) is 18.2 Å². The maximum Gasteiger partial charge on any atom is 0.136 e. The van der Waals surface area contributed by atoms with E-state index in [1.807, 2.05) is 6.07 Å². The minimum absolute atomic E-state index is 0.248. The number of aliphatic hydroxyl groups excluding tert-OH is 1. The fraction of sp³-hybridized carbons (Fsp3) is 0.125. The molecule has 4 heteroatoms. The van der Waals surface area contributed by atoms with Crippen LogP contribution >= 0.6 is 15.9 Å². The van der Waals surface area contributed by atoms with Gasteiger partial charge in [-0.1, -0.05) is 34.1 Å². The molecule has 0 amide bonds. The van der Waals surface area contributed by atoms with Crippen molar-refractivity contribution >= 4 is 21.8 Å². The van der Waals surface area contributed by atoms with Crippen LogP contribution in [0.4, 0.5) is 0 Å². The van der Waals surface area contributed by atoms with E-state index in [4.69, 9.17) is 11.1 Å². The summed E-state index contributed by atoms with van der Waals surface area (Å²) in [6.45, 7) is 0. The summed E-state index contributed by atoms with van der Waals surface area (Å²) in [4.78, 5) is 0. The molecule has 4 N–H and O–H groups in total. The van der Waals surface area contributed by atoms with Gasteiger partial charge >= 0.3 is 0 Å². The summed E-state index contributed by atoms with van der Waals surface area (Å²) in [6, 6.07) is 7.13. The summed E-state index contributed by atoms with van der Waals surface area (Å²) in [5.41, 5.74) is 5.77. The number of amidine groups is 1. The summed E-state index contributed by atoms with van der Waals surface area (Å²) in [6.07, 6.45) is -1.01. The van der Waals surface area contributed by atoms with Crippen LogP contribution in [0.25, 0.3) is 0 Å². The Morgan fingerprint density at radius 1 is 1.50 bits per heavy atom. The second-order valence-electron chi connectivity index (χ2n) is 2.38. The Morgan fingerprint density at radius 2 is 2.08 bits per heavy atom. The molecule has 1 atom stereocenters. The number of benzene rings is 1. The number of halogens is 1. The van der Waals surface area contributed by atoms with Gasteiger partial charge in [0.2, 0.25) is 0 Å². The van der Waals surface area contributed by atoms with E-state index < -0.39 is 6.10 Å². The van der Waals surface area contributed by atoms with Crippen LogP contribution in [-0.2, 0) is 0 Å². The van der Waals surface area contributed by atoms with Crippen LogP contribution in [0.2, 0.25) is 0 Å². The van der Waals surface area contributed by atoms with Crippen LogP contribution in [0.1, 0.15) is 11.7 Å². The summed E-state index contributed by atoms with van der Waals surface area (Å²) in [7, 11) is 0. The lowest BCUT2D eigenvalue weighted by atomic mass is 10.1. The van der Waals surface area contributed by atoms with Crippen molar-refractivity contribution in [1.29, 1.82) is 5.41 Å². The number of nitrogens with one attached hydrogen (secondary N) is 1. The lowest BCUT2D eigenvalue weighted by Gasteiger charge is -2.09. The van der Waals surface area contributed by atoms with Crippen molar-refractivity contribution < 1.29 is 5.11 Å². The van der Waals surface area contributed by atoms with Crippen molar-refractivity contribution in [2.45, 2.75) is 6.10 Å². The van der Waals surface area contributed by atoms with Gasteiger partial charge in [0.05, 0.1) is 0 Å². The lowest BCUT2D eigenvalue weighted by Crippen LogP contribution is -2.20. The molecule has 0 aliphatic carbocycles. The molecule has 0 aliphatic heterocycles. The zero-order valence-electron chi connectivity index (χ0n) is 6.29. The molecule has 3 nitrogen and oxygen atoms in total. The average molecular weight is 229 g/mol. The molecule has 12 heavy (non-hydrogen) atoms. The molecule has 0 bridgehead atoms. The molecule has 0 saturated heterocycles. The Morgan fingerprint density at radius 3 is 2.58 bits per heavy atom. The topological polar surface area (TPSA) is 70.1 Å². The number of nitrogens with two attached hydrogens (primary N) is 1. The molecule has 1 aromatic rings. The molecule has 0 heterocycles. The summed E-state index contributed by atoms with van der Waals surface area (Å²) >= 11 is 3.25. The largest absolute Gasteiger partial charge is 0.385 e. The molecule has 0 saturated carbocycles. The third-order valence-electron chi connectivity index (χ3n) is 1.49. The number of hydrogen-bond donors (Lipinski definition) is 3. The minimum atomic E-state index is -1.01. The highest BCUT2D eigenvalue weighted by atomic mass is 79.9. The first kappa shape index (κ1) is 9.22. The maximum atomic E-state index is 9.40. The van der Waals surface area contributed by atoms with Crippen molar-refractivity contribution in [3.63, 3.8) is 0 Å². The van der Waals surface area contributed by atoms with Gasteiger partial charge < -0.3 is 10.8 Å². The second-order valence-corrected chi connectivity index (χ2v) is 3.23. The van der Waals surface area contributed by atoms with E-state index in [0.29, 0.717) is 5.56 Å². The lowest BCUT2D eigenvalue weighted by molar-refractivity contribution is 0.244. The number of rotatable bonds is 2. The molecule has 0 unspecified atom stereocenters. The predicted octanol–water partition coefficient (Wildman–Crippen LogP) is 1.42. The first-order chi connectivity index (χ1) is 5.63. The van der Waals surface area contributed by atoms with Crippen LogP contribution in [0, 0.1) is 5.41 Å². The van der Waals surface area contributed by atoms with Crippen molar-refractivity contribution in [3.05, 3.63) is 34.3 Å². The second kappa shape index (κ2) is 3.69. The van der Waals surface area contributed by atoms with Crippen LogP contribution in [-0.4, -0.2) is 10.9 Å².